The minimum absolute atomic E-state index is 0.401. The van der Waals surface area contributed by atoms with E-state index in [4.69, 9.17) is 4.43 Å². The van der Waals surface area contributed by atoms with Crippen LogP contribution in [0.3, 0.4) is 0 Å². The van der Waals surface area contributed by atoms with Crippen LogP contribution in [0.5, 0.6) is 0 Å². The van der Waals surface area contributed by atoms with Gasteiger partial charge in [-0.05, 0) is 32.9 Å². The van der Waals surface area contributed by atoms with E-state index < -0.39 is 9.04 Å². The fourth-order valence-electron chi connectivity index (χ4n) is 1.98. The lowest BCUT2D eigenvalue weighted by Crippen LogP contribution is -2.52. The SMILES string of the molecule is CCC(NC(C)NC)[SiH]1CCCCO1. The van der Waals surface area contributed by atoms with Crippen LogP contribution in [0.2, 0.25) is 6.04 Å². The summed E-state index contributed by atoms with van der Waals surface area (Å²) in [6.45, 7) is 5.42. The molecule has 1 rings (SSSR count). The summed E-state index contributed by atoms with van der Waals surface area (Å²) in [4.78, 5) is 0. The monoisotopic (exact) mass is 216 g/mol. The van der Waals surface area contributed by atoms with Crippen molar-refractivity contribution < 1.29 is 4.43 Å². The van der Waals surface area contributed by atoms with E-state index in [2.05, 4.69) is 24.5 Å². The summed E-state index contributed by atoms with van der Waals surface area (Å²) in [6.07, 6.45) is 4.24. The van der Waals surface area contributed by atoms with Crippen molar-refractivity contribution in [2.45, 2.75) is 51.0 Å². The third kappa shape index (κ3) is 3.69. The van der Waals surface area contributed by atoms with Crippen molar-refractivity contribution in [1.29, 1.82) is 0 Å². The van der Waals surface area contributed by atoms with Gasteiger partial charge in [-0.2, -0.15) is 0 Å². The maximum absolute atomic E-state index is 5.92. The lowest BCUT2D eigenvalue weighted by molar-refractivity contribution is 0.269. The smallest absolute Gasteiger partial charge is 0.193 e. The highest BCUT2D eigenvalue weighted by atomic mass is 28.3. The Labute approximate surface area is 89.3 Å². The zero-order chi connectivity index (χ0) is 10.4. The number of rotatable bonds is 5. The van der Waals surface area contributed by atoms with Gasteiger partial charge in [0.1, 0.15) is 0 Å². The maximum Gasteiger partial charge on any atom is 0.193 e. The van der Waals surface area contributed by atoms with Crippen molar-refractivity contribution in [2.75, 3.05) is 13.7 Å². The van der Waals surface area contributed by atoms with Gasteiger partial charge in [0.05, 0.1) is 6.17 Å². The fourth-order valence-corrected chi connectivity index (χ4v) is 4.97. The second-order valence-electron chi connectivity index (χ2n) is 4.10. The summed E-state index contributed by atoms with van der Waals surface area (Å²) in [5, 5.41) is 6.84. The predicted octanol–water partition coefficient (Wildman–Crippen LogP) is 0.993. The molecule has 3 nitrogen and oxygen atoms in total. The molecular formula is C10H24N2OSi. The molecule has 0 aromatic rings. The van der Waals surface area contributed by atoms with E-state index in [9.17, 15) is 0 Å². The van der Waals surface area contributed by atoms with Crippen LogP contribution in [0, 0.1) is 0 Å². The Morgan fingerprint density at radius 2 is 2.21 bits per heavy atom. The summed E-state index contributed by atoms with van der Waals surface area (Å²) < 4.78 is 5.92. The Morgan fingerprint density at radius 3 is 2.71 bits per heavy atom. The lowest BCUT2D eigenvalue weighted by atomic mass is 10.4. The first-order valence-corrected chi connectivity index (χ1v) is 7.78. The van der Waals surface area contributed by atoms with Gasteiger partial charge < -0.3 is 9.74 Å². The predicted molar refractivity (Wildman–Crippen MR) is 62.9 cm³/mol. The van der Waals surface area contributed by atoms with E-state index in [1.807, 2.05) is 7.05 Å². The Hall–Kier alpha value is 0.0969. The van der Waals surface area contributed by atoms with Gasteiger partial charge in [0.25, 0.3) is 0 Å². The van der Waals surface area contributed by atoms with E-state index >= 15 is 0 Å². The highest BCUT2D eigenvalue weighted by molar-refractivity contribution is 6.53. The zero-order valence-corrected chi connectivity index (χ0v) is 10.8. The van der Waals surface area contributed by atoms with Crippen LogP contribution in [0.15, 0.2) is 0 Å². The first-order chi connectivity index (χ1) is 6.77. The van der Waals surface area contributed by atoms with E-state index in [1.54, 1.807) is 0 Å². The van der Waals surface area contributed by atoms with Gasteiger partial charge >= 0.3 is 0 Å². The maximum atomic E-state index is 5.92. The largest absolute Gasteiger partial charge is 0.418 e. The van der Waals surface area contributed by atoms with Crippen molar-refractivity contribution >= 4 is 9.04 Å². The molecule has 0 amide bonds. The molecule has 3 unspecified atom stereocenters. The van der Waals surface area contributed by atoms with Crippen molar-refractivity contribution in [3.8, 4) is 0 Å². The average Bonchev–Trinajstić information content (AvgIpc) is 2.26. The molecule has 0 radical (unpaired) electrons. The fraction of sp³-hybridized carbons (Fsp3) is 1.00. The molecule has 1 saturated heterocycles. The molecule has 2 N–H and O–H groups in total. The zero-order valence-electron chi connectivity index (χ0n) is 9.68. The van der Waals surface area contributed by atoms with Crippen LogP contribution in [-0.4, -0.2) is 34.5 Å². The summed E-state index contributed by atoms with van der Waals surface area (Å²) >= 11 is 0. The van der Waals surface area contributed by atoms with Crippen LogP contribution in [0.25, 0.3) is 0 Å². The van der Waals surface area contributed by atoms with Crippen molar-refractivity contribution in [3.63, 3.8) is 0 Å². The van der Waals surface area contributed by atoms with Crippen LogP contribution in [0.1, 0.15) is 33.1 Å². The summed E-state index contributed by atoms with van der Waals surface area (Å²) in [5.41, 5.74) is 0.637. The summed E-state index contributed by atoms with van der Waals surface area (Å²) in [6, 6.07) is 1.35. The normalized spacial score (nSPS) is 27.2. The summed E-state index contributed by atoms with van der Waals surface area (Å²) in [5.74, 6) is 0. The minimum atomic E-state index is -0.962. The molecule has 0 aromatic carbocycles. The van der Waals surface area contributed by atoms with Crippen molar-refractivity contribution in [1.82, 2.24) is 10.6 Å². The molecule has 0 aromatic heterocycles. The molecule has 0 aliphatic carbocycles. The lowest BCUT2D eigenvalue weighted by Gasteiger charge is -2.31. The molecule has 14 heavy (non-hydrogen) atoms. The molecule has 1 aliphatic rings. The Balaban J connectivity index is 2.35. The number of hydrogen-bond acceptors (Lipinski definition) is 3. The highest BCUT2D eigenvalue weighted by Gasteiger charge is 2.25. The molecule has 1 aliphatic heterocycles. The van der Waals surface area contributed by atoms with Crippen molar-refractivity contribution in [3.05, 3.63) is 0 Å². The van der Waals surface area contributed by atoms with Gasteiger partial charge in [0.15, 0.2) is 9.04 Å². The molecule has 0 bridgehead atoms. The average molecular weight is 216 g/mol. The standard InChI is InChI=1S/C10H24N2OSi/c1-4-10(12-9(2)11-3)14-8-6-5-7-13-14/h9-12,14H,4-8H2,1-3H3. The van der Waals surface area contributed by atoms with Gasteiger partial charge in [-0.1, -0.05) is 13.3 Å². The molecule has 0 saturated carbocycles. The van der Waals surface area contributed by atoms with Crippen LogP contribution in [-0.2, 0) is 4.43 Å². The van der Waals surface area contributed by atoms with Crippen LogP contribution in [0.4, 0.5) is 0 Å². The van der Waals surface area contributed by atoms with E-state index in [0.717, 1.165) is 6.61 Å². The molecular weight excluding hydrogens is 192 g/mol. The van der Waals surface area contributed by atoms with Gasteiger partial charge in [-0.3, -0.25) is 5.32 Å². The third-order valence-electron chi connectivity index (χ3n) is 3.00. The summed E-state index contributed by atoms with van der Waals surface area (Å²) in [7, 11) is 1.03. The Bertz CT molecular complexity index is 151. The molecule has 3 atom stereocenters. The quantitative estimate of drug-likeness (QED) is 0.531. The first-order valence-electron chi connectivity index (χ1n) is 5.82. The molecule has 1 heterocycles. The molecule has 1 fully saturated rings. The number of nitrogens with one attached hydrogen (secondary N) is 2. The second kappa shape index (κ2) is 6.56. The first kappa shape index (κ1) is 12.2. The molecule has 0 spiro atoms. The van der Waals surface area contributed by atoms with E-state index in [-0.39, 0.29) is 0 Å². The second-order valence-corrected chi connectivity index (χ2v) is 6.89. The van der Waals surface area contributed by atoms with Crippen LogP contribution >= 0.6 is 0 Å². The Morgan fingerprint density at radius 1 is 1.43 bits per heavy atom. The number of hydrogen-bond donors (Lipinski definition) is 2. The Kier molecular flexibility index (Phi) is 5.70. The third-order valence-corrected chi connectivity index (χ3v) is 6.20. The van der Waals surface area contributed by atoms with Gasteiger partial charge in [0.2, 0.25) is 0 Å². The molecule has 4 heteroatoms. The highest BCUT2D eigenvalue weighted by Crippen LogP contribution is 2.15. The minimum Gasteiger partial charge on any atom is -0.418 e. The van der Waals surface area contributed by atoms with Gasteiger partial charge in [-0.15, -0.1) is 0 Å². The topological polar surface area (TPSA) is 33.3 Å². The molecule has 84 valence electrons. The van der Waals surface area contributed by atoms with Crippen LogP contribution < -0.4 is 10.6 Å². The van der Waals surface area contributed by atoms with Crippen molar-refractivity contribution in [2.24, 2.45) is 0 Å². The van der Waals surface area contributed by atoms with Gasteiger partial charge in [-0.25, -0.2) is 0 Å². The van der Waals surface area contributed by atoms with E-state index in [1.165, 1.54) is 25.3 Å². The van der Waals surface area contributed by atoms with E-state index in [0.29, 0.717) is 11.8 Å². The van der Waals surface area contributed by atoms with Gasteiger partial charge in [0, 0.05) is 12.3 Å².